The Bertz CT molecular complexity index is 6990. The van der Waals surface area contributed by atoms with Crippen LogP contribution in [0, 0.1) is 44.0 Å². The Labute approximate surface area is 782 Å². The number of hydrogen-bond donors (Lipinski definition) is 2. The molecule has 4 aliphatic rings. The first-order valence-corrected chi connectivity index (χ1v) is 44.3. The van der Waals surface area contributed by atoms with Gasteiger partial charge in [0.05, 0.1) is 78.9 Å². The smallest absolute Gasteiger partial charge is 0.399 e. The van der Waals surface area contributed by atoms with Gasteiger partial charge in [0, 0.05) is 55.8 Å². The van der Waals surface area contributed by atoms with E-state index in [0.717, 1.165) is 49.6 Å². The minimum atomic E-state index is -0.490. The summed E-state index contributed by atoms with van der Waals surface area (Å²) in [7, 11) is -0.706. The number of nitrogens with zero attached hydrogens (tertiary/aromatic N) is 4. The summed E-state index contributed by atoms with van der Waals surface area (Å²) in [4.78, 5) is 42.5. The van der Waals surface area contributed by atoms with Crippen molar-refractivity contribution in [1.82, 2.24) is 0 Å². The van der Waals surface area contributed by atoms with Crippen molar-refractivity contribution in [2.75, 3.05) is 11.5 Å². The first-order valence-electron chi connectivity index (χ1n) is 40.9. The number of fused-ring (bicyclic) bond motifs is 16. The predicted octanol–water partition coefficient (Wildman–Crippen LogP) is 27.9. The number of halogens is 6. The van der Waals surface area contributed by atoms with Crippen LogP contribution in [0.3, 0.4) is 0 Å². The summed E-state index contributed by atoms with van der Waals surface area (Å²) >= 11 is 29.4. The number of nitrogens with two attached hydrogens (primary N) is 2. The molecule has 0 amide bonds. The second-order valence-electron chi connectivity index (χ2n) is 32.9. The molecule has 2 aliphatic carbocycles. The maximum absolute atomic E-state index is 11.9. The minimum absolute atomic E-state index is 0.00722. The molecule has 0 unspecified atom stereocenters. The van der Waals surface area contributed by atoms with Gasteiger partial charge in [-0.25, -0.2) is 0 Å². The molecule has 18 nitrogen and oxygen atoms in total. The van der Waals surface area contributed by atoms with Gasteiger partial charge in [0.2, 0.25) is 0 Å². The van der Waals surface area contributed by atoms with Crippen molar-refractivity contribution in [2.24, 2.45) is 0 Å². The molecule has 26 heteroatoms. The third-order valence-electron chi connectivity index (χ3n) is 24.3. The number of nitro groups is 4. The third kappa shape index (κ3) is 17.8. The van der Waals surface area contributed by atoms with E-state index in [1.54, 1.807) is 66.7 Å². The fraction of sp³-hybridized carbons (Fsp3) is 0.137. The first kappa shape index (κ1) is 90.9. The Morgan fingerprint density at radius 1 is 0.297 bits per heavy atom. The zero-order valence-corrected chi connectivity index (χ0v) is 77.3. The number of anilines is 2. The van der Waals surface area contributed by atoms with E-state index in [4.69, 9.17) is 76.5 Å². The molecule has 20 rings (SSSR count). The third-order valence-corrected chi connectivity index (χ3v) is 27.5. The lowest BCUT2D eigenvalue weighted by Gasteiger charge is -2.32. The lowest BCUT2D eigenvalue weighted by molar-refractivity contribution is -0.385. The molecule has 640 valence electrons. The van der Waals surface area contributed by atoms with Crippen molar-refractivity contribution in [3.8, 4) is 66.8 Å². The molecule has 4 N–H and O–H groups in total. The van der Waals surface area contributed by atoms with Crippen molar-refractivity contribution in [3.63, 3.8) is 0 Å². The van der Waals surface area contributed by atoms with Crippen LogP contribution in [0.15, 0.2) is 308 Å². The van der Waals surface area contributed by atoms with E-state index >= 15 is 0 Å². The molecule has 2 heterocycles. The molecular weight excluding hydrogens is 1870 g/mol. The summed E-state index contributed by atoms with van der Waals surface area (Å²) in [5.41, 5.74) is 29.6. The lowest BCUT2D eigenvalue weighted by Crippen LogP contribution is -2.41. The Morgan fingerprint density at radius 2 is 0.594 bits per heavy atom. The van der Waals surface area contributed by atoms with Crippen molar-refractivity contribution >= 4 is 187 Å². The highest BCUT2D eigenvalue weighted by molar-refractivity contribution is 14.1. The zero-order valence-electron chi connectivity index (χ0n) is 70.5. The molecule has 0 radical (unpaired) electrons. The number of rotatable bonds is 10. The maximum Gasteiger partial charge on any atom is 0.496 e. The van der Waals surface area contributed by atoms with E-state index in [2.05, 4.69) is 200 Å². The van der Waals surface area contributed by atoms with Gasteiger partial charge in [-0.15, -0.1) is 0 Å². The molecule has 0 spiro atoms. The number of nitrogen functional groups attached to an aromatic ring is 2. The van der Waals surface area contributed by atoms with E-state index < -0.39 is 14.8 Å². The second kappa shape index (κ2) is 37.4. The summed E-state index contributed by atoms with van der Waals surface area (Å²) in [6, 6.07) is 96.3. The van der Waals surface area contributed by atoms with Crippen LogP contribution in [0.5, 0.6) is 0 Å². The van der Waals surface area contributed by atoms with Gasteiger partial charge in [-0.05, 0) is 259 Å². The highest BCUT2D eigenvalue weighted by Crippen LogP contribution is 2.53. The number of para-hydroxylation sites is 2. The van der Waals surface area contributed by atoms with Gasteiger partial charge in [0.15, 0.2) is 0 Å². The van der Waals surface area contributed by atoms with Crippen LogP contribution in [-0.2, 0) is 31.5 Å². The molecule has 2 fully saturated rings. The molecule has 128 heavy (non-hydrogen) atoms. The normalized spacial score (nSPS) is 14.2. The van der Waals surface area contributed by atoms with Crippen molar-refractivity contribution in [1.29, 1.82) is 0 Å². The lowest BCUT2D eigenvalue weighted by atomic mass is 9.74. The highest BCUT2D eigenvalue weighted by atomic mass is 127. The minimum Gasteiger partial charge on any atom is -0.399 e. The van der Waals surface area contributed by atoms with Gasteiger partial charge in [-0.3, -0.25) is 40.5 Å². The fourth-order valence-corrected chi connectivity index (χ4v) is 18.8. The fourth-order valence-electron chi connectivity index (χ4n) is 16.7. The predicted molar refractivity (Wildman–Crippen MR) is 534 cm³/mol. The van der Waals surface area contributed by atoms with E-state index in [9.17, 15) is 40.5 Å². The summed E-state index contributed by atoms with van der Waals surface area (Å²) in [5.74, 6) is 0. The molecule has 0 saturated carbocycles. The summed E-state index contributed by atoms with van der Waals surface area (Å²) in [6.07, 6.45) is 1.71. The van der Waals surface area contributed by atoms with Gasteiger partial charge in [0.25, 0.3) is 22.7 Å². The van der Waals surface area contributed by atoms with Crippen LogP contribution in [0.4, 0.5) is 34.1 Å². The maximum atomic E-state index is 11.9. The molecule has 0 aromatic heterocycles. The Hall–Kier alpha value is -11.9. The summed E-state index contributed by atoms with van der Waals surface area (Å²) < 4.78 is 26.0. The standard InChI is InChI=1S/C33H20ClNO2.C27H25BO2.C12H18BNO2.C12H7ClINO2.C12H9ClN2O2.C6H3BrClNO2/c34-30-17-8-18-31(35(36)37)33(30)26-14-6-4-11-22(26)23-15-7-16-27-28(23)19-29-24-12-2-1-9-20(24)21-10-3-5-13-25(21)32(27)29;1-26(2)27(3,4)30-28(29-26)24-15-9-14-21-22(24)16-23-19-12-6-5-10-17(19)18-11-7-8-13-20(18)25(21)23;1-11(2)12(3,4)16-13(15-11)9-7-5-6-8-10(9)14;2*13-9-5-3-7-11(15(16)17)12(9)8-4-1-2-6-10(8)14;7-6-4(8)2-1-3-5(6)9(10)11/h1-18H,19H2;5-15H,16H2,1-4H3;5-8H,14H2,1-4H3;1-7H;1-7H,14H2;1-3H. The SMILES string of the molecule is CC1(C)OB(c2cccc3c2Cc2c-3c3ccccc3c3ccccc23)OC1(C)C.CC1(C)OB(c2ccccc2N)OC1(C)C.Nc1ccccc1-c1c(Cl)cccc1[N+](=O)[O-].O=[N+]([O-])c1cccc(Cl)c1-c1ccccc1-c1cccc2c1Cc1c-2c2ccccc2c2ccccc12.O=[N+]([O-])c1cccc(Cl)c1-c1ccccc1I.O=[N+]([O-])c1cccc(Cl)c1Br. The van der Waals surface area contributed by atoms with E-state index in [1.165, 1.54) is 118 Å². The molecule has 2 saturated heterocycles. The topological polar surface area (TPSA) is 262 Å². The molecule has 0 bridgehead atoms. The summed E-state index contributed by atoms with van der Waals surface area (Å²) in [5, 5.41) is 56.0. The largest absolute Gasteiger partial charge is 0.496 e. The average Bonchev–Trinajstić information content (AvgIpc) is 1.56. The molecule has 2 aliphatic heterocycles. The van der Waals surface area contributed by atoms with Crippen molar-refractivity contribution in [2.45, 2.75) is 90.6 Å². The van der Waals surface area contributed by atoms with Gasteiger partial charge < -0.3 is 30.1 Å². The quantitative estimate of drug-likeness (QED) is 0.0322. The van der Waals surface area contributed by atoms with Gasteiger partial charge in [-0.2, -0.15) is 0 Å². The van der Waals surface area contributed by atoms with Gasteiger partial charge in [-0.1, -0.05) is 283 Å². The van der Waals surface area contributed by atoms with Crippen LogP contribution >= 0.6 is 84.9 Å². The summed E-state index contributed by atoms with van der Waals surface area (Å²) in [6.45, 7) is 16.6. The van der Waals surface area contributed by atoms with Crippen LogP contribution < -0.4 is 22.4 Å². The average molecular weight is 1950 g/mol. The number of hydrogen-bond acceptors (Lipinski definition) is 14. The molecule has 0 atom stereocenters. The van der Waals surface area contributed by atoms with E-state index in [0.29, 0.717) is 58.2 Å². The number of benzene rings is 16. The Kier molecular flexibility index (Phi) is 26.6. The highest BCUT2D eigenvalue weighted by Gasteiger charge is 2.54. The van der Waals surface area contributed by atoms with Crippen molar-refractivity contribution in [3.05, 3.63) is 394 Å². The van der Waals surface area contributed by atoms with Crippen molar-refractivity contribution < 1.29 is 38.3 Å². The van der Waals surface area contributed by atoms with E-state index in [1.807, 2.05) is 100 Å². The van der Waals surface area contributed by atoms with E-state index in [-0.39, 0.29) is 64.3 Å². The molecule has 16 aromatic rings. The Morgan fingerprint density at radius 3 is 1.03 bits per heavy atom. The zero-order chi connectivity index (χ0) is 91.0. The van der Waals surface area contributed by atoms with Crippen LogP contribution in [0.25, 0.3) is 110 Å². The first-order chi connectivity index (χ1) is 61.2. The van der Waals surface area contributed by atoms with Crippen LogP contribution in [0.1, 0.15) is 77.6 Å². The van der Waals surface area contributed by atoms with Gasteiger partial charge >= 0.3 is 14.2 Å². The van der Waals surface area contributed by atoms with Gasteiger partial charge in [0.1, 0.15) is 4.47 Å². The number of nitro benzene ring substituents is 4. The Balaban J connectivity index is 0.000000124. The van der Waals surface area contributed by atoms with Crippen LogP contribution in [0.2, 0.25) is 20.1 Å². The van der Waals surface area contributed by atoms with Crippen LogP contribution in [-0.4, -0.2) is 56.3 Å². The monoisotopic (exact) mass is 1950 g/mol. The molecule has 16 aromatic carbocycles. The molecular formula is C102H82B2BrCl4IN6O12. The second-order valence-corrected chi connectivity index (χ2v) is 36.5.